The van der Waals surface area contributed by atoms with Crippen LogP contribution in [0.4, 0.5) is 0 Å². The highest BCUT2D eigenvalue weighted by atomic mass is 16.5. The van der Waals surface area contributed by atoms with Crippen LogP contribution >= 0.6 is 0 Å². The van der Waals surface area contributed by atoms with Crippen LogP contribution in [-0.2, 0) is 11.2 Å². The lowest BCUT2D eigenvalue weighted by molar-refractivity contribution is -0.127. The third-order valence-corrected chi connectivity index (χ3v) is 3.27. The van der Waals surface area contributed by atoms with Crippen LogP contribution < -0.4 is 10.1 Å². The van der Waals surface area contributed by atoms with Crippen molar-refractivity contribution in [3.05, 3.63) is 29.3 Å². The molecule has 0 bridgehead atoms. The molecule has 1 aliphatic carbocycles. The molecule has 0 saturated heterocycles. The van der Waals surface area contributed by atoms with Crippen molar-refractivity contribution in [1.29, 1.82) is 0 Å². The largest absolute Gasteiger partial charge is 0.481 e. The fourth-order valence-electron chi connectivity index (χ4n) is 2.24. The molecule has 20 heavy (non-hydrogen) atoms. The number of rotatable bonds is 4. The van der Waals surface area contributed by atoms with Crippen molar-refractivity contribution >= 4 is 11.7 Å². The fourth-order valence-corrected chi connectivity index (χ4v) is 2.24. The first-order valence-electron chi connectivity index (χ1n) is 6.66. The monoisotopic (exact) mass is 271 g/mol. The highest BCUT2D eigenvalue weighted by Gasteiger charge is 2.19. The van der Waals surface area contributed by atoms with Crippen molar-refractivity contribution in [3.63, 3.8) is 0 Å². The van der Waals surface area contributed by atoms with E-state index in [-0.39, 0.29) is 18.2 Å². The molecule has 1 amide bonds. The average Bonchev–Trinajstić information content (AvgIpc) is 2.44. The molecule has 4 heteroatoms. The van der Waals surface area contributed by atoms with Gasteiger partial charge >= 0.3 is 0 Å². The number of ketones is 1. The Labute approximate surface area is 118 Å². The zero-order valence-electron chi connectivity index (χ0n) is 11.4. The molecule has 1 aromatic carbocycles. The summed E-state index contributed by atoms with van der Waals surface area (Å²) in [5.41, 5.74) is 1.77. The molecular formula is C16H17NO3. The molecule has 1 unspecified atom stereocenters. The minimum Gasteiger partial charge on any atom is -0.481 e. The summed E-state index contributed by atoms with van der Waals surface area (Å²) in [5.74, 6) is 2.86. The number of Topliss-reactive ketones (excluding diaryl/α,β-unsaturated/α-hetero) is 1. The summed E-state index contributed by atoms with van der Waals surface area (Å²) >= 11 is 0. The van der Waals surface area contributed by atoms with Crippen LogP contribution in [0, 0.1) is 12.3 Å². The van der Waals surface area contributed by atoms with Gasteiger partial charge in [-0.15, -0.1) is 6.42 Å². The number of carbonyl (C=O) groups is 2. The highest BCUT2D eigenvalue weighted by molar-refractivity contribution is 5.98. The summed E-state index contributed by atoms with van der Waals surface area (Å²) in [6, 6.07) is 5.35. The molecule has 0 spiro atoms. The first-order chi connectivity index (χ1) is 9.61. The maximum absolute atomic E-state index is 11.7. The van der Waals surface area contributed by atoms with Crippen LogP contribution in [0.5, 0.6) is 5.75 Å². The van der Waals surface area contributed by atoms with Crippen molar-refractivity contribution < 1.29 is 14.3 Å². The minimum atomic E-state index is -0.624. The predicted octanol–water partition coefficient (Wildman–Crippen LogP) is 1.72. The first-order valence-corrected chi connectivity index (χ1v) is 6.66. The molecule has 0 radical (unpaired) electrons. The number of nitrogens with one attached hydrogen (secondary N) is 1. The molecule has 1 aliphatic rings. The van der Waals surface area contributed by atoms with Crippen molar-refractivity contribution in [1.82, 2.24) is 5.32 Å². The SMILES string of the molecule is C#CCNC(=O)C(C)Oc1ccc2c(c1)CCCC2=O. The number of benzene rings is 1. The van der Waals surface area contributed by atoms with Gasteiger partial charge in [-0.3, -0.25) is 9.59 Å². The van der Waals surface area contributed by atoms with E-state index in [1.54, 1.807) is 19.1 Å². The highest BCUT2D eigenvalue weighted by Crippen LogP contribution is 2.25. The van der Waals surface area contributed by atoms with Crippen LogP contribution in [0.25, 0.3) is 0 Å². The second kappa shape index (κ2) is 6.25. The van der Waals surface area contributed by atoms with Crippen molar-refractivity contribution in [2.24, 2.45) is 0 Å². The summed E-state index contributed by atoms with van der Waals surface area (Å²) in [5, 5.41) is 2.57. The number of aryl methyl sites for hydroxylation is 1. The van der Waals surface area contributed by atoms with Gasteiger partial charge in [0.1, 0.15) is 5.75 Å². The lowest BCUT2D eigenvalue weighted by atomic mass is 9.90. The Bertz CT molecular complexity index is 572. The van der Waals surface area contributed by atoms with E-state index in [2.05, 4.69) is 11.2 Å². The van der Waals surface area contributed by atoms with E-state index < -0.39 is 6.10 Å². The summed E-state index contributed by atoms with van der Waals surface area (Å²) in [6.45, 7) is 1.85. The molecule has 2 rings (SSSR count). The molecule has 1 N–H and O–H groups in total. The van der Waals surface area contributed by atoms with Gasteiger partial charge in [0, 0.05) is 12.0 Å². The van der Waals surface area contributed by atoms with Crippen LogP contribution in [-0.4, -0.2) is 24.3 Å². The van der Waals surface area contributed by atoms with E-state index in [1.165, 1.54) is 0 Å². The Balaban J connectivity index is 2.05. The summed E-state index contributed by atoms with van der Waals surface area (Å²) < 4.78 is 5.58. The fraction of sp³-hybridized carbons (Fsp3) is 0.375. The van der Waals surface area contributed by atoms with Gasteiger partial charge in [0.2, 0.25) is 0 Å². The van der Waals surface area contributed by atoms with Crippen LogP contribution in [0.1, 0.15) is 35.7 Å². The number of carbonyl (C=O) groups excluding carboxylic acids is 2. The van der Waals surface area contributed by atoms with Crippen molar-refractivity contribution in [2.75, 3.05) is 6.54 Å². The van der Waals surface area contributed by atoms with Gasteiger partial charge in [-0.1, -0.05) is 5.92 Å². The second-order valence-corrected chi connectivity index (χ2v) is 4.78. The number of hydrogen-bond acceptors (Lipinski definition) is 3. The van der Waals surface area contributed by atoms with Crippen LogP contribution in [0.15, 0.2) is 18.2 Å². The normalized spacial score (nSPS) is 14.9. The Kier molecular flexibility index (Phi) is 4.41. The number of terminal acetylenes is 1. The Morgan fingerprint density at radius 3 is 3.05 bits per heavy atom. The van der Waals surface area contributed by atoms with E-state index in [1.807, 2.05) is 6.07 Å². The molecule has 0 aliphatic heterocycles. The third kappa shape index (κ3) is 3.18. The van der Waals surface area contributed by atoms with Gasteiger partial charge in [0.25, 0.3) is 5.91 Å². The van der Waals surface area contributed by atoms with Gasteiger partial charge < -0.3 is 10.1 Å². The molecule has 104 valence electrons. The molecule has 1 atom stereocenters. The Hall–Kier alpha value is -2.28. The maximum Gasteiger partial charge on any atom is 0.261 e. The molecule has 4 nitrogen and oxygen atoms in total. The van der Waals surface area contributed by atoms with E-state index in [0.29, 0.717) is 12.2 Å². The summed E-state index contributed by atoms with van der Waals surface area (Å²) in [7, 11) is 0. The van der Waals surface area contributed by atoms with Gasteiger partial charge in [0.15, 0.2) is 11.9 Å². The smallest absolute Gasteiger partial charge is 0.261 e. The maximum atomic E-state index is 11.7. The lowest BCUT2D eigenvalue weighted by Crippen LogP contribution is -2.36. The zero-order valence-corrected chi connectivity index (χ0v) is 11.4. The van der Waals surface area contributed by atoms with Crippen molar-refractivity contribution in [3.8, 4) is 18.1 Å². The van der Waals surface area contributed by atoms with Gasteiger partial charge in [0.05, 0.1) is 6.54 Å². The van der Waals surface area contributed by atoms with Crippen LogP contribution in [0.2, 0.25) is 0 Å². The molecular weight excluding hydrogens is 254 g/mol. The van der Waals surface area contributed by atoms with E-state index in [9.17, 15) is 9.59 Å². The van der Waals surface area contributed by atoms with Crippen molar-refractivity contribution in [2.45, 2.75) is 32.3 Å². The van der Waals surface area contributed by atoms with Gasteiger partial charge in [-0.2, -0.15) is 0 Å². The number of hydrogen-bond donors (Lipinski definition) is 1. The third-order valence-electron chi connectivity index (χ3n) is 3.27. The van der Waals surface area contributed by atoms with E-state index in [0.717, 1.165) is 24.0 Å². The minimum absolute atomic E-state index is 0.178. The standard InChI is InChI=1S/C16H17NO3/c1-3-9-17-16(19)11(2)20-13-7-8-14-12(10-13)5-4-6-15(14)18/h1,7-8,10-11H,4-6,9H2,2H3,(H,17,19). The predicted molar refractivity (Wildman–Crippen MR) is 75.6 cm³/mol. The quantitative estimate of drug-likeness (QED) is 0.848. The topological polar surface area (TPSA) is 55.4 Å². The molecule has 0 saturated carbocycles. The Morgan fingerprint density at radius 2 is 2.30 bits per heavy atom. The average molecular weight is 271 g/mol. The number of amides is 1. The zero-order chi connectivity index (χ0) is 14.5. The van der Waals surface area contributed by atoms with Gasteiger partial charge in [-0.25, -0.2) is 0 Å². The van der Waals surface area contributed by atoms with Crippen LogP contribution in [0.3, 0.4) is 0 Å². The second-order valence-electron chi connectivity index (χ2n) is 4.78. The van der Waals surface area contributed by atoms with E-state index in [4.69, 9.17) is 11.2 Å². The summed E-state index contributed by atoms with van der Waals surface area (Å²) in [6.07, 6.45) is 6.81. The van der Waals surface area contributed by atoms with Gasteiger partial charge in [-0.05, 0) is 43.5 Å². The molecule has 0 aromatic heterocycles. The Morgan fingerprint density at radius 1 is 1.50 bits per heavy atom. The number of ether oxygens (including phenoxy) is 1. The lowest BCUT2D eigenvalue weighted by Gasteiger charge is -2.18. The number of fused-ring (bicyclic) bond motifs is 1. The van der Waals surface area contributed by atoms with E-state index >= 15 is 0 Å². The molecule has 1 aromatic rings. The summed E-state index contributed by atoms with van der Waals surface area (Å²) in [4.78, 5) is 23.4. The first kappa shape index (κ1) is 14.1. The molecule has 0 heterocycles. The molecule has 0 fully saturated rings.